The first kappa shape index (κ1) is 17.7. The molecule has 0 aliphatic carbocycles. The minimum atomic E-state index is -0.790. The quantitative estimate of drug-likeness (QED) is 0.641. The summed E-state index contributed by atoms with van der Waals surface area (Å²) in [7, 11) is 0. The Morgan fingerprint density at radius 2 is 1.88 bits per heavy atom. The van der Waals surface area contributed by atoms with Gasteiger partial charge in [-0.3, -0.25) is 14.9 Å². The number of anilines is 1. The zero-order valence-electron chi connectivity index (χ0n) is 13.8. The Morgan fingerprint density at radius 1 is 1.15 bits per heavy atom. The van der Waals surface area contributed by atoms with Crippen molar-refractivity contribution in [1.82, 2.24) is 5.32 Å². The third-order valence-electron chi connectivity index (χ3n) is 4.00. The first-order chi connectivity index (χ1) is 12.4. The van der Waals surface area contributed by atoms with E-state index in [1.807, 2.05) is 19.1 Å². The van der Waals surface area contributed by atoms with E-state index in [4.69, 9.17) is 11.6 Å². The molecule has 1 heterocycles. The van der Waals surface area contributed by atoms with Crippen molar-refractivity contribution < 1.29 is 19.5 Å². The zero-order chi connectivity index (χ0) is 18.8. The van der Waals surface area contributed by atoms with E-state index >= 15 is 0 Å². The number of phenols is 1. The van der Waals surface area contributed by atoms with Gasteiger partial charge in [-0.2, -0.15) is 0 Å². The molecule has 2 aromatic carbocycles. The minimum absolute atomic E-state index is 0.0901. The number of nitrogens with zero attached hydrogens (tertiary/aromatic N) is 1. The van der Waals surface area contributed by atoms with Gasteiger partial charge >= 0.3 is 6.03 Å². The van der Waals surface area contributed by atoms with Gasteiger partial charge in [0.05, 0.1) is 10.7 Å². The van der Waals surface area contributed by atoms with E-state index in [0.29, 0.717) is 17.7 Å². The van der Waals surface area contributed by atoms with Crippen LogP contribution in [0.5, 0.6) is 5.75 Å². The molecule has 2 N–H and O–H groups in total. The summed E-state index contributed by atoms with van der Waals surface area (Å²) < 4.78 is 0. The molecule has 2 aromatic rings. The molecule has 0 saturated carbocycles. The minimum Gasteiger partial charge on any atom is -0.506 e. The van der Waals surface area contributed by atoms with E-state index in [1.54, 1.807) is 12.1 Å². The summed E-state index contributed by atoms with van der Waals surface area (Å²) in [4.78, 5) is 38.3. The zero-order valence-corrected chi connectivity index (χ0v) is 14.6. The maximum absolute atomic E-state index is 12.9. The van der Waals surface area contributed by atoms with E-state index in [-0.39, 0.29) is 16.3 Å². The molecule has 6 nitrogen and oxygen atoms in total. The van der Waals surface area contributed by atoms with Crippen LogP contribution in [0.15, 0.2) is 48.0 Å². The summed E-state index contributed by atoms with van der Waals surface area (Å²) in [6.45, 7) is 1.91. The maximum atomic E-state index is 12.9. The molecule has 0 radical (unpaired) electrons. The SMILES string of the molecule is CCc1ccccc1N1C(=O)NC(=O)/C(=C\c2ccc(O)c(Cl)c2)C1=O. The number of barbiturate groups is 1. The van der Waals surface area contributed by atoms with Crippen LogP contribution >= 0.6 is 11.6 Å². The van der Waals surface area contributed by atoms with Crippen molar-refractivity contribution in [3.8, 4) is 5.75 Å². The maximum Gasteiger partial charge on any atom is 0.335 e. The lowest BCUT2D eigenvalue weighted by Crippen LogP contribution is -2.54. The lowest BCUT2D eigenvalue weighted by atomic mass is 10.0. The Balaban J connectivity index is 2.05. The van der Waals surface area contributed by atoms with Crippen molar-refractivity contribution in [2.45, 2.75) is 13.3 Å². The van der Waals surface area contributed by atoms with Gasteiger partial charge in [-0.15, -0.1) is 0 Å². The van der Waals surface area contributed by atoms with E-state index in [1.165, 1.54) is 24.3 Å². The van der Waals surface area contributed by atoms with Gasteiger partial charge in [0.25, 0.3) is 11.8 Å². The Labute approximate surface area is 154 Å². The number of urea groups is 1. The third-order valence-corrected chi connectivity index (χ3v) is 4.30. The lowest BCUT2D eigenvalue weighted by molar-refractivity contribution is -0.122. The number of aryl methyl sites for hydroxylation is 1. The number of nitrogens with one attached hydrogen (secondary N) is 1. The van der Waals surface area contributed by atoms with Gasteiger partial charge in [0.15, 0.2) is 0 Å². The molecule has 132 valence electrons. The smallest absolute Gasteiger partial charge is 0.335 e. The van der Waals surface area contributed by atoms with Gasteiger partial charge in [0.1, 0.15) is 11.3 Å². The van der Waals surface area contributed by atoms with Crippen molar-refractivity contribution in [2.24, 2.45) is 0 Å². The van der Waals surface area contributed by atoms with Gasteiger partial charge in [-0.25, -0.2) is 9.69 Å². The van der Waals surface area contributed by atoms with Crippen LogP contribution in [0.2, 0.25) is 5.02 Å². The summed E-state index contributed by atoms with van der Waals surface area (Å²) in [5.41, 5.74) is 1.48. The highest BCUT2D eigenvalue weighted by atomic mass is 35.5. The van der Waals surface area contributed by atoms with Gasteiger partial charge in [0, 0.05) is 0 Å². The van der Waals surface area contributed by atoms with Gasteiger partial charge < -0.3 is 5.11 Å². The second kappa shape index (κ2) is 7.01. The number of benzene rings is 2. The summed E-state index contributed by atoms with van der Waals surface area (Å²) >= 11 is 5.86. The molecule has 1 fully saturated rings. The number of carbonyl (C=O) groups is 3. The molecule has 3 rings (SSSR count). The summed E-state index contributed by atoms with van der Waals surface area (Å²) in [6, 6.07) is 10.5. The molecule has 0 unspecified atom stereocenters. The summed E-state index contributed by atoms with van der Waals surface area (Å²) in [5, 5.41) is 11.8. The number of phenolic OH excluding ortho intramolecular Hbond substituents is 1. The number of hydrogen-bond acceptors (Lipinski definition) is 4. The van der Waals surface area contributed by atoms with E-state index in [9.17, 15) is 19.5 Å². The van der Waals surface area contributed by atoms with E-state index < -0.39 is 17.8 Å². The lowest BCUT2D eigenvalue weighted by Gasteiger charge is -2.28. The van der Waals surface area contributed by atoms with Crippen LogP contribution in [0.1, 0.15) is 18.1 Å². The number of carbonyl (C=O) groups excluding carboxylic acids is 3. The highest BCUT2D eigenvalue weighted by Crippen LogP contribution is 2.28. The standard InChI is InChI=1S/C19H15ClN2O4/c1-2-12-5-3-4-6-15(12)22-18(25)13(17(24)21-19(22)26)9-11-7-8-16(23)14(20)10-11/h3-10,23H,2H2,1H3,(H,21,24,26)/b13-9+. The molecular weight excluding hydrogens is 356 g/mol. The van der Waals surface area contributed by atoms with Crippen LogP contribution in [0.25, 0.3) is 6.08 Å². The number of aromatic hydroxyl groups is 1. The molecule has 1 saturated heterocycles. The highest BCUT2D eigenvalue weighted by Gasteiger charge is 2.37. The first-order valence-corrected chi connectivity index (χ1v) is 8.28. The Morgan fingerprint density at radius 3 is 2.58 bits per heavy atom. The number of amides is 4. The summed E-state index contributed by atoms with van der Waals surface area (Å²) in [5.74, 6) is -1.61. The monoisotopic (exact) mass is 370 g/mol. The van der Waals surface area contributed by atoms with Crippen molar-refractivity contribution in [2.75, 3.05) is 4.90 Å². The van der Waals surface area contributed by atoms with Crippen molar-refractivity contribution in [3.05, 3.63) is 64.2 Å². The predicted molar refractivity (Wildman–Crippen MR) is 97.9 cm³/mol. The molecule has 26 heavy (non-hydrogen) atoms. The molecule has 0 aromatic heterocycles. The second-order valence-corrected chi connectivity index (χ2v) is 6.06. The molecule has 4 amide bonds. The van der Waals surface area contributed by atoms with Crippen LogP contribution in [0.3, 0.4) is 0 Å². The van der Waals surface area contributed by atoms with Crippen molar-refractivity contribution in [1.29, 1.82) is 0 Å². The Hall–Kier alpha value is -3.12. The van der Waals surface area contributed by atoms with E-state index in [2.05, 4.69) is 5.32 Å². The Kier molecular flexibility index (Phi) is 4.77. The number of rotatable bonds is 3. The number of imide groups is 2. The van der Waals surface area contributed by atoms with Gasteiger partial charge in [-0.05, 0) is 41.8 Å². The number of hydrogen-bond donors (Lipinski definition) is 2. The fourth-order valence-corrected chi connectivity index (χ4v) is 2.87. The van der Waals surface area contributed by atoms with Crippen LogP contribution in [-0.2, 0) is 16.0 Å². The third kappa shape index (κ3) is 3.19. The largest absolute Gasteiger partial charge is 0.506 e. The second-order valence-electron chi connectivity index (χ2n) is 5.65. The summed E-state index contributed by atoms with van der Waals surface area (Å²) in [6.07, 6.45) is 1.95. The topological polar surface area (TPSA) is 86.7 Å². The fourth-order valence-electron chi connectivity index (χ4n) is 2.68. The van der Waals surface area contributed by atoms with Crippen LogP contribution in [0.4, 0.5) is 10.5 Å². The van der Waals surface area contributed by atoms with Gasteiger partial charge in [0.2, 0.25) is 0 Å². The van der Waals surface area contributed by atoms with E-state index in [0.717, 1.165) is 10.5 Å². The molecule has 7 heteroatoms. The molecule has 0 spiro atoms. The van der Waals surface area contributed by atoms with Crippen molar-refractivity contribution in [3.63, 3.8) is 0 Å². The van der Waals surface area contributed by atoms with Crippen LogP contribution in [0, 0.1) is 0 Å². The first-order valence-electron chi connectivity index (χ1n) is 7.90. The van der Waals surface area contributed by atoms with Gasteiger partial charge in [-0.1, -0.05) is 42.8 Å². The molecule has 1 aliphatic rings. The predicted octanol–water partition coefficient (Wildman–Crippen LogP) is 3.27. The molecular formula is C19H15ClN2O4. The Bertz CT molecular complexity index is 952. The molecule has 1 aliphatic heterocycles. The fraction of sp³-hybridized carbons (Fsp3) is 0.105. The average Bonchev–Trinajstić information content (AvgIpc) is 2.62. The van der Waals surface area contributed by atoms with Crippen molar-refractivity contribution >= 4 is 41.2 Å². The highest BCUT2D eigenvalue weighted by molar-refractivity contribution is 6.39. The van der Waals surface area contributed by atoms with Crippen LogP contribution in [-0.4, -0.2) is 23.0 Å². The molecule has 0 atom stereocenters. The normalized spacial score (nSPS) is 16.2. The molecule has 0 bridgehead atoms. The number of halogens is 1. The van der Waals surface area contributed by atoms with Crippen LogP contribution < -0.4 is 10.2 Å². The number of para-hydroxylation sites is 1. The average molecular weight is 371 g/mol.